The van der Waals surface area contributed by atoms with Crippen LogP contribution in [0.3, 0.4) is 0 Å². The Morgan fingerprint density at radius 1 is 0.895 bits per heavy atom. The molecule has 2 aromatic carbocycles. The Morgan fingerprint density at radius 3 is 2.45 bits per heavy atom. The van der Waals surface area contributed by atoms with E-state index < -0.39 is 5.97 Å². The zero-order valence-corrected chi connectivity index (χ0v) is 21.3. The topological polar surface area (TPSA) is 92.9 Å². The lowest BCUT2D eigenvalue weighted by Crippen LogP contribution is -2.32. The lowest BCUT2D eigenvalue weighted by Gasteiger charge is -2.24. The summed E-state index contributed by atoms with van der Waals surface area (Å²) in [6.07, 6.45) is 8.07. The second-order valence-electron chi connectivity index (χ2n) is 9.05. The molecule has 0 aliphatic heterocycles. The van der Waals surface area contributed by atoms with Crippen molar-refractivity contribution in [3.8, 4) is 16.9 Å². The Balaban J connectivity index is 1.46. The molecule has 0 saturated carbocycles. The third-order valence-electron chi connectivity index (χ3n) is 6.26. The summed E-state index contributed by atoms with van der Waals surface area (Å²) in [6, 6.07) is 23.0. The molecule has 1 amide bonds. The summed E-state index contributed by atoms with van der Waals surface area (Å²) in [6.45, 7) is 1.39. The van der Waals surface area contributed by atoms with E-state index in [-0.39, 0.29) is 12.3 Å². The summed E-state index contributed by atoms with van der Waals surface area (Å²) in [4.78, 5) is 30.6. The Kier molecular flexibility index (Phi) is 9.68. The third-order valence-corrected chi connectivity index (χ3v) is 6.26. The first-order valence-electron chi connectivity index (χ1n) is 12.8. The van der Waals surface area contributed by atoms with Crippen molar-refractivity contribution in [1.29, 1.82) is 0 Å². The highest BCUT2D eigenvalue weighted by Crippen LogP contribution is 2.24. The average Bonchev–Trinajstić information content (AvgIpc) is 3.49. The van der Waals surface area contributed by atoms with Crippen LogP contribution in [-0.4, -0.2) is 40.0 Å². The van der Waals surface area contributed by atoms with Crippen LogP contribution in [0.15, 0.2) is 95.9 Å². The van der Waals surface area contributed by atoms with Gasteiger partial charge < -0.3 is 19.2 Å². The van der Waals surface area contributed by atoms with Crippen molar-refractivity contribution in [2.24, 2.45) is 0 Å². The quantitative estimate of drug-likeness (QED) is 0.201. The van der Waals surface area contributed by atoms with Crippen LogP contribution in [0.2, 0.25) is 0 Å². The van der Waals surface area contributed by atoms with Crippen LogP contribution in [0.4, 0.5) is 0 Å². The Labute approximate surface area is 222 Å². The highest BCUT2D eigenvalue weighted by atomic mass is 16.5. The lowest BCUT2D eigenvalue weighted by atomic mass is 10.1. The van der Waals surface area contributed by atoms with E-state index in [2.05, 4.69) is 4.98 Å². The second-order valence-corrected chi connectivity index (χ2v) is 9.05. The molecule has 7 heteroatoms. The summed E-state index contributed by atoms with van der Waals surface area (Å²) in [5, 5.41) is 8.80. The second kappa shape index (κ2) is 13.8. The number of aliphatic carboxylic acids is 1. The molecule has 0 fully saturated rings. The number of pyridine rings is 1. The van der Waals surface area contributed by atoms with Crippen molar-refractivity contribution in [2.45, 2.75) is 38.6 Å². The van der Waals surface area contributed by atoms with E-state index in [0.717, 1.165) is 41.0 Å². The summed E-state index contributed by atoms with van der Waals surface area (Å²) in [7, 11) is 0. The number of carbonyl (C=O) groups is 2. The minimum Gasteiger partial charge on any atom is -0.493 e. The molecule has 0 spiro atoms. The number of amides is 1. The molecule has 0 unspecified atom stereocenters. The molecule has 0 bridgehead atoms. The maximum absolute atomic E-state index is 13.7. The number of unbranched alkanes of at least 4 members (excludes halogenated alkanes) is 2. The van der Waals surface area contributed by atoms with Crippen molar-refractivity contribution in [1.82, 2.24) is 9.88 Å². The van der Waals surface area contributed by atoms with Gasteiger partial charge in [-0.05, 0) is 61.2 Å². The number of nitrogens with zero attached hydrogens (tertiary/aromatic N) is 2. The zero-order valence-electron chi connectivity index (χ0n) is 21.3. The van der Waals surface area contributed by atoms with Gasteiger partial charge in [0, 0.05) is 54.5 Å². The van der Waals surface area contributed by atoms with Gasteiger partial charge >= 0.3 is 5.97 Å². The lowest BCUT2D eigenvalue weighted by molar-refractivity contribution is -0.137. The van der Waals surface area contributed by atoms with Crippen molar-refractivity contribution in [3.63, 3.8) is 0 Å². The van der Waals surface area contributed by atoms with Crippen molar-refractivity contribution in [2.75, 3.05) is 13.2 Å². The zero-order chi connectivity index (χ0) is 26.6. The number of carboxylic acid groups (broad SMARTS) is 1. The molecule has 2 heterocycles. The van der Waals surface area contributed by atoms with Crippen molar-refractivity contribution < 1.29 is 23.8 Å². The van der Waals surface area contributed by atoms with Crippen LogP contribution in [-0.2, 0) is 17.8 Å². The van der Waals surface area contributed by atoms with Gasteiger partial charge in [0.05, 0.1) is 19.1 Å². The fraction of sp³-hybridized carbons (Fsp3) is 0.258. The normalized spacial score (nSPS) is 10.7. The van der Waals surface area contributed by atoms with Gasteiger partial charge in [0.15, 0.2) is 0 Å². The highest BCUT2D eigenvalue weighted by molar-refractivity contribution is 5.94. The molecule has 7 nitrogen and oxygen atoms in total. The third kappa shape index (κ3) is 7.80. The number of ether oxygens (including phenoxy) is 1. The van der Waals surface area contributed by atoms with E-state index in [0.29, 0.717) is 38.1 Å². The first kappa shape index (κ1) is 26.7. The molecule has 4 rings (SSSR count). The molecular weight excluding hydrogens is 480 g/mol. The molecule has 196 valence electrons. The Bertz CT molecular complexity index is 1290. The van der Waals surface area contributed by atoms with Gasteiger partial charge in [0.25, 0.3) is 5.91 Å². The number of aromatic nitrogens is 1. The van der Waals surface area contributed by atoms with E-state index in [4.69, 9.17) is 14.3 Å². The number of rotatable bonds is 14. The minimum absolute atomic E-state index is 0.0665. The standard InChI is InChI=1S/C31H32N2O5/c34-30(35)11-2-1-7-20-38-29-10-4-3-8-26(29)22-33(19-16-28-9-5-6-18-32-28)31(36)25-14-12-24(13-15-25)27-17-21-37-23-27/h3-6,8-10,12-15,17-18,21,23H,1-2,7,11,16,19-20,22H2,(H,34,35). The Hall–Kier alpha value is -4.39. The molecule has 2 aromatic heterocycles. The number of benzene rings is 2. The van der Waals surface area contributed by atoms with Gasteiger partial charge in [-0.25, -0.2) is 0 Å². The highest BCUT2D eigenvalue weighted by Gasteiger charge is 2.19. The molecule has 38 heavy (non-hydrogen) atoms. The summed E-state index contributed by atoms with van der Waals surface area (Å²) < 4.78 is 11.2. The van der Waals surface area contributed by atoms with Crippen LogP contribution < -0.4 is 4.74 Å². The van der Waals surface area contributed by atoms with Crippen molar-refractivity contribution >= 4 is 11.9 Å². The van der Waals surface area contributed by atoms with Gasteiger partial charge in [0.1, 0.15) is 5.75 Å². The predicted octanol–water partition coefficient (Wildman–Crippen LogP) is 6.25. The molecule has 0 atom stereocenters. The van der Waals surface area contributed by atoms with Crippen LogP contribution >= 0.6 is 0 Å². The fourth-order valence-electron chi connectivity index (χ4n) is 4.18. The number of carbonyl (C=O) groups excluding carboxylic acids is 1. The molecular formula is C31H32N2O5. The van der Waals surface area contributed by atoms with Crippen LogP contribution in [0.25, 0.3) is 11.1 Å². The minimum atomic E-state index is -0.775. The average molecular weight is 513 g/mol. The largest absolute Gasteiger partial charge is 0.493 e. The fourth-order valence-corrected chi connectivity index (χ4v) is 4.18. The van der Waals surface area contributed by atoms with Gasteiger partial charge in [0.2, 0.25) is 0 Å². The number of para-hydroxylation sites is 1. The summed E-state index contributed by atoms with van der Waals surface area (Å²) in [5.41, 5.74) is 4.39. The maximum atomic E-state index is 13.7. The Morgan fingerprint density at radius 2 is 1.71 bits per heavy atom. The first-order valence-corrected chi connectivity index (χ1v) is 12.8. The van der Waals surface area contributed by atoms with Gasteiger partial charge in [-0.15, -0.1) is 0 Å². The van der Waals surface area contributed by atoms with Crippen LogP contribution in [0.1, 0.15) is 47.3 Å². The molecule has 1 N–H and O–H groups in total. The molecule has 4 aromatic rings. The van der Waals surface area contributed by atoms with E-state index in [1.165, 1.54) is 0 Å². The smallest absolute Gasteiger partial charge is 0.303 e. The number of hydrogen-bond donors (Lipinski definition) is 1. The number of hydrogen-bond acceptors (Lipinski definition) is 5. The first-order chi connectivity index (χ1) is 18.6. The molecule has 0 aliphatic carbocycles. The molecule has 0 aliphatic rings. The van der Waals surface area contributed by atoms with Crippen molar-refractivity contribution in [3.05, 3.63) is 108 Å². The van der Waals surface area contributed by atoms with Gasteiger partial charge in [-0.1, -0.05) is 36.4 Å². The molecule has 0 saturated heterocycles. The van der Waals surface area contributed by atoms with E-state index in [9.17, 15) is 9.59 Å². The van der Waals surface area contributed by atoms with E-state index >= 15 is 0 Å². The van der Waals surface area contributed by atoms with Crippen LogP contribution in [0, 0.1) is 0 Å². The van der Waals surface area contributed by atoms with Gasteiger partial charge in [-0.2, -0.15) is 0 Å². The summed E-state index contributed by atoms with van der Waals surface area (Å²) in [5.74, 6) is -0.109. The van der Waals surface area contributed by atoms with Gasteiger partial charge in [-0.3, -0.25) is 14.6 Å². The monoisotopic (exact) mass is 512 g/mol. The SMILES string of the molecule is O=C(O)CCCCCOc1ccccc1CN(CCc1ccccn1)C(=O)c1ccc(-c2ccoc2)cc1. The summed E-state index contributed by atoms with van der Waals surface area (Å²) >= 11 is 0. The predicted molar refractivity (Wildman–Crippen MR) is 145 cm³/mol. The maximum Gasteiger partial charge on any atom is 0.303 e. The van der Waals surface area contributed by atoms with E-state index in [1.807, 2.05) is 77.7 Å². The number of furan rings is 1. The number of carboxylic acids is 1. The molecule has 0 radical (unpaired) electrons. The van der Waals surface area contributed by atoms with E-state index in [1.54, 1.807) is 18.7 Å². The van der Waals surface area contributed by atoms with Crippen LogP contribution in [0.5, 0.6) is 5.75 Å².